The Hall–Kier alpha value is -3.55. The number of fused-ring (bicyclic) bond motifs is 2. The summed E-state index contributed by atoms with van der Waals surface area (Å²) < 4.78 is 5.64. The van der Waals surface area contributed by atoms with Crippen molar-refractivity contribution in [1.29, 1.82) is 0 Å². The molecule has 2 amide bonds. The summed E-state index contributed by atoms with van der Waals surface area (Å²) in [6.45, 7) is 10.1. The molecule has 2 atom stereocenters. The molecule has 192 valence electrons. The summed E-state index contributed by atoms with van der Waals surface area (Å²) >= 11 is 0. The Balaban J connectivity index is 1.68. The maximum Gasteiger partial charge on any atom is 0.534 e. The molecule has 0 spiro atoms. The van der Waals surface area contributed by atoms with Crippen molar-refractivity contribution in [2.45, 2.75) is 70.8 Å². The second-order valence-corrected chi connectivity index (χ2v) is 10.2. The van der Waals surface area contributed by atoms with Crippen molar-refractivity contribution in [3.8, 4) is 0 Å². The molecule has 1 heterocycles. The van der Waals surface area contributed by atoms with Gasteiger partial charge in [0, 0.05) is 42.2 Å². The van der Waals surface area contributed by atoms with E-state index in [9.17, 15) is 14.4 Å². The van der Waals surface area contributed by atoms with Crippen LogP contribution in [0.25, 0.3) is 0 Å². The number of nitrogen functional groups attached to an aromatic ring is 1. The minimum Gasteiger partial charge on any atom is -0.429 e. The van der Waals surface area contributed by atoms with Gasteiger partial charge in [-0.05, 0) is 72.7 Å². The summed E-state index contributed by atoms with van der Waals surface area (Å²) in [4.78, 5) is 43.2. The number of nitrogens with two attached hydrogens (primary N) is 1. The highest BCUT2D eigenvalue weighted by molar-refractivity contribution is 5.86. The summed E-state index contributed by atoms with van der Waals surface area (Å²) in [6.07, 6.45) is 1.42. The molecule has 36 heavy (non-hydrogen) atoms. The first-order valence-corrected chi connectivity index (χ1v) is 12.6. The summed E-state index contributed by atoms with van der Waals surface area (Å²) in [7, 11) is 0. The third-order valence-electron chi connectivity index (χ3n) is 7.33. The van der Waals surface area contributed by atoms with Gasteiger partial charge >= 0.3 is 6.16 Å². The lowest BCUT2D eigenvalue weighted by Gasteiger charge is -2.41. The van der Waals surface area contributed by atoms with Crippen LogP contribution in [0.3, 0.4) is 0 Å². The molecule has 2 aromatic carbocycles. The zero-order valence-corrected chi connectivity index (χ0v) is 21.5. The van der Waals surface area contributed by atoms with Gasteiger partial charge in [-0.1, -0.05) is 32.9 Å². The maximum atomic E-state index is 12.6. The number of carbonyl (C=O) groups excluding carboxylic acids is 3. The van der Waals surface area contributed by atoms with E-state index in [2.05, 4.69) is 36.9 Å². The molecule has 1 aliphatic carbocycles. The topological polar surface area (TPSA) is 102 Å². The molecule has 4 rings (SSSR count). The number of hydrogen-bond acceptors (Lipinski definition) is 7. The van der Waals surface area contributed by atoms with E-state index in [0.29, 0.717) is 17.2 Å². The molecule has 0 saturated carbocycles. The van der Waals surface area contributed by atoms with Crippen molar-refractivity contribution in [3.63, 3.8) is 0 Å². The maximum absolute atomic E-state index is 12.6. The number of ether oxygens (including phenoxy) is 1. The summed E-state index contributed by atoms with van der Waals surface area (Å²) in [6, 6.07) is 12.4. The average molecular weight is 494 g/mol. The first-order chi connectivity index (χ1) is 17.2. The van der Waals surface area contributed by atoms with E-state index in [1.165, 1.54) is 18.5 Å². The van der Waals surface area contributed by atoms with E-state index in [0.717, 1.165) is 35.3 Å². The highest BCUT2D eigenvalue weighted by Crippen LogP contribution is 2.50. The number of rotatable bonds is 6. The molecule has 0 aromatic heterocycles. The van der Waals surface area contributed by atoms with Crippen LogP contribution in [0, 0.1) is 0 Å². The van der Waals surface area contributed by atoms with Gasteiger partial charge in [0.15, 0.2) is 0 Å². The molecule has 1 saturated heterocycles. The number of hydroxylamine groups is 2. The Morgan fingerprint density at radius 2 is 1.78 bits per heavy atom. The van der Waals surface area contributed by atoms with Crippen molar-refractivity contribution < 1.29 is 24.0 Å². The van der Waals surface area contributed by atoms with E-state index in [-0.39, 0.29) is 24.2 Å². The molecular weight excluding hydrogens is 458 g/mol. The number of amides is 2. The third kappa shape index (κ3) is 4.76. The van der Waals surface area contributed by atoms with Gasteiger partial charge < -0.3 is 15.4 Å². The van der Waals surface area contributed by atoms with Gasteiger partial charge in [0.1, 0.15) is 6.10 Å². The average Bonchev–Trinajstić information content (AvgIpc) is 3.38. The fraction of sp³-hybridized carbons (Fsp3) is 0.464. The van der Waals surface area contributed by atoms with Crippen LogP contribution in [0.5, 0.6) is 0 Å². The van der Waals surface area contributed by atoms with Crippen molar-refractivity contribution in [1.82, 2.24) is 5.06 Å². The lowest BCUT2D eigenvalue weighted by atomic mass is 9.64. The molecule has 2 aliphatic rings. The highest BCUT2D eigenvalue weighted by Gasteiger charge is 2.41. The summed E-state index contributed by atoms with van der Waals surface area (Å²) in [5.74, 6) is -0.878. The second kappa shape index (κ2) is 10.2. The number of hydrogen-bond donors (Lipinski definition) is 1. The molecule has 8 nitrogen and oxygen atoms in total. The molecule has 1 fully saturated rings. The van der Waals surface area contributed by atoms with Crippen molar-refractivity contribution in [2.24, 2.45) is 0 Å². The third-order valence-corrected chi connectivity index (χ3v) is 7.33. The van der Waals surface area contributed by atoms with Crippen molar-refractivity contribution in [2.75, 3.05) is 23.7 Å². The van der Waals surface area contributed by atoms with Gasteiger partial charge in [-0.2, -0.15) is 0 Å². The van der Waals surface area contributed by atoms with E-state index < -0.39 is 18.2 Å². The minimum atomic E-state index is -1.10. The summed E-state index contributed by atoms with van der Waals surface area (Å²) in [5, 5.41) is 0.396. The zero-order chi connectivity index (χ0) is 26.0. The first kappa shape index (κ1) is 25.5. The molecule has 2 unspecified atom stereocenters. The number of benzene rings is 2. The van der Waals surface area contributed by atoms with Crippen LogP contribution in [0.1, 0.15) is 81.5 Å². The zero-order valence-electron chi connectivity index (χ0n) is 21.5. The van der Waals surface area contributed by atoms with Crippen molar-refractivity contribution in [3.05, 3.63) is 58.7 Å². The molecular formula is C28H35N3O5. The number of imide groups is 1. The van der Waals surface area contributed by atoms with E-state index in [1.54, 1.807) is 13.8 Å². The monoisotopic (exact) mass is 493 g/mol. The van der Waals surface area contributed by atoms with E-state index >= 15 is 0 Å². The van der Waals surface area contributed by atoms with Crippen LogP contribution in [0.2, 0.25) is 0 Å². The Morgan fingerprint density at radius 3 is 2.42 bits per heavy atom. The first-order valence-electron chi connectivity index (χ1n) is 12.6. The van der Waals surface area contributed by atoms with Gasteiger partial charge in [0.25, 0.3) is 12.3 Å². The predicted molar refractivity (Wildman–Crippen MR) is 138 cm³/mol. The van der Waals surface area contributed by atoms with Crippen LogP contribution in [-0.2, 0) is 24.6 Å². The quantitative estimate of drug-likeness (QED) is 0.265. The molecule has 0 radical (unpaired) electrons. The van der Waals surface area contributed by atoms with E-state index in [1.807, 2.05) is 18.2 Å². The van der Waals surface area contributed by atoms with Gasteiger partial charge in [-0.3, -0.25) is 14.4 Å². The van der Waals surface area contributed by atoms with Crippen LogP contribution < -0.4 is 10.6 Å². The lowest BCUT2D eigenvalue weighted by molar-refractivity contribution is -0.177. The van der Waals surface area contributed by atoms with Gasteiger partial charge in [0.2, 0.25) is 0 Å². The number of carbonyl (C=O) groups is 3. The second-order valence-electron chi connectivity index (χ2n) is 10.2. The predicted octanol–water partition coefficient (Wildman–Crippen LogP) is 4.88. The lowest BCUT2D eigenvalue weighted by Crippen LogP contribution is -2.37. The minimum absolute atomic E-state index is 0.0841. The Morgan fingerprint density at radius 1 is 1.14 bits per heavy atom. The standard InChI is InChI=1S/C28H35N3O5/c1-5-8-25(33)31(17-32)36-27(34)35-18(2)26-21-11-9-19(29)15-23(21)28(3,4)24-16-20(10-12-22(24)26)30-13-6-7-14-30/h9-12,15-18,26H,5-8,13-14,29H2,1-4H3. The van der Waals surface area contributed by atoms with Gasteiger partial charge in [-0.25, -0.2) is 4.79 Å². The summed E-state index contributed by atoms with van der Waals surface area (Å²) in [5.41, 5.74) is 12.1. The largest absolute Gasteiger partial charge is 0.534 e. The molecule has 1 aliphatic heterocycles. The normalized spacial score (nSPS) is 18.6. The van der Waals surface area contributed by atoms with Crippen LogP contribution >= 0.6 is 0 Å². The van der Waals surface area contributed by atoms with Gasteiger partial charge in [0.05, 0.1) is 0 Å². The fourth-order valence-electron chi connectivity index (χ4n) is 5.51. The van der Waals surface area contributed by atoms with Crippen molar-refractivity contribution >= 4 is 29.8 Å². The SMILES string of the molecule is CCCC(=O)N(C=O)OC(=O)OC(C)C1c2ccc(N)cc2C(C)(C)c2cc(N3CCCC3)ccc21. The Bertz CT molecular complexity index is 1160. The van der Waals surface area contributed by atoms with Crippen LogP contribution in [-0.4, -0.2) is 42.7 Å². The highest BCUT2D eigenvalue weighted by atomic mass is 16.8. The van der Waals surface area contributed by atoms with Crippen LogP contribution in [0.4, 0.5) is 16.2 Å². The molecule has 0 bridgehead atoms. The van der Waals surface area contributed by atoms with E-state index in [4.69, 9.17) is 15.3 Å². The Labute approximate surface area is 212 Å². The fourth-order valence-corrected chi connectivity index (χ4v) is 5.51. The Kier molecular flexibility index (Phi) is 7.24. The smallest absolute Gasteiger partial charge is 0.429 e. The van der Waals surface area contributed by atoms with Crippen LogP contribution in [0.15, 0.2) is 36.4 Å². The van der Waals surface area contributed by atoms with Gasteiger partial charge in [-0.15, -0.1) is 5.06 Å². The molecule has 2 N–H and O–H groups in total. The molecule has 8 heteroatoms. The number of anilines is 2. The molecule has 2 aromatic rings. The number of nitrogens with zero attached hydrogens (tertiary/aromatic N) is 2.